The Morgan fingerprint density at radius 3 is 0.920 bits per heavy atom. The second-order valence-corrected chi connectivity index (χ2v) is 19.1. The summed E-state index contributed by atoms with van der Waals surface area (Å²) in [6, 6.07) is 2.27. The third-order valence-electron chi connectivity index (χ3n) is 4.41. The van der Waals surface area contributed by atoms with Crippen LogP contribution in [0, 0.1) is 0 Å². The minimum Gasteiger partial charge on any atom is -0.436 e. The lowest BCUT2D eigenvalue weighted by molar-refractivity contribution is 0.253. The van der Waals surface area contributed by atoms with Crippen molar-refractivity contribution in [1.82, 2.24) is 0 Å². The van der Waals surface area contributed by atoms with E-state index in [0.29, 0.717) is 24.2 Å². The molecule has 0 bridgehead atoms. The molecule has 0 fully saturated rings. The number of hydrogen-bond acceptors (Lipinski definition) is 8. The fourth-order valence-electron chi connectivity index (χ4n) is 2.99. The van der Waals surface area contributed by atoms with Gasteiger partial charge in [-0.1, -0.05) is 0 Å². The Morgan fingerprint density at radius 2 is 0.720 bits per heavy atom. The van der Waals surface area contributed by atoms with Gasteiger partial charge in [0.1, 0.15) is 0 Å². The van der Waals surface area contributed by atoms with Crippen molar-refractivity contribution in [2.45, 2.75) is 49.4 Å². The van der Waals surface area contributed by atoms with Gasteiger partial charge in [0.15, 0.2) is 16.6 Å². The molecule has 0 aromatic heterocycles. The maximum absolute atomic E-state index is 9.57. The van der Waals surface area contributed by atoms with Gasteiger partial charge in [0.05, 0.1) is 0 Å². The van der Waals surface area contributed by atoms with Crippen molar-refractivity contribution in [1.29, 1.82) is 0 Å². The number of rotatable bonds is 16. The van der Waals surface area contributed by atoms with Gasteiger partial charge in [-0.3, -0.25) is 0 Å². The van der Waals surface area contributed by atoms with Crippen LogP contribution in [0.2, 0.25) is 49.4 Å². The Hall–Kier alpha value is 0.331. The molecule has 0 spiro atoms. The van der Waals surface area contributed by atoms with Gasteiger partial charge in [-0.15, -0.1) is 0 Å². The maximum atomic E-state index is 9.57. The Labute approximate surface area is 153 Å². The minimum atomic E-state index is -3.04. The Balaban J connectivity index is 5.66. The highest BCUT2D eigenvalue weighted by molar-refractivity contribution is 6.89. The summed E-state index contributed by atoms with van der Waals surface area (Å²) in [5, 5.41) is 56.6. The standard InChI is InChI=1S/C14H36O8Si3/c1-23(9-3-15,10-4-16)21-25(13-7-19,14-8-20)22-24(2,11-5-17)12-6-18/h15-20H,3-14H2,1-2H3. The minimum absolute atomic E-state index is 0.0621. The fraction of sp³-hybridized carbons (Fsp3) is 1.00. The van der Waals surface area contributed by atoms with E-state index >= 15 is 0 Å². The van der Waals surface area contributed by atoms with Gasteiger partial charge in [0.25, 0.3) is 0 Å². The Kier molecular flexibility index (Phi) is 12.8. The monoisotopic (exact) mass is 416 g/mol. The largest absolute Gasteiger partial charge is 0.436 e. The van der Waals surface area contributed by atoms with Gasteiger partial charge in [0, 0.05) is 51.7 Å². The Morgan fingerprint density at radius 1 is 0.480 bits per heavy atom. The molecule has 0 aliphatic rings. The van der Waals surface area contributed by atoms with Crippen LogP contribution in [0.1, 0.15) is 0 Å². The van der Waals surface area contributed by atoms with E-state index in [-0.39, 0.29) is 51.7 Å². The quantitative estimate of drug-likeness (QED) is 0.186. The highest BCUT2D eigenvalue weighted by atomic mass is 28.5. The van der Waals surface area contributed by atoms with Crippen molar-refractivity contribution in [2.75, 3.05) is 39.6 Å². The molecule has 0 aliphatic carbocycles. The van der Waals surface area contributed by atoms with Gasteiger partial charge in [0.2, 0.25) is 0 Å². The van der Waals surface area contributed by atoms with E-state index in [1.165, 1.54) is 0 Å². The van der Waals surface area contributed by atoms with Crippen molar-refractivity contribution in [3.05, 3.63) is 0 Å². The summed E-state index contributed by atoms with van der Waals surface area (Å²) in [6.07, 6.45) is 0. The van der Waals surface area contributed by atoms with Gasteiger partial charge >= 0.3 is 8.56 Å². The third-order valence-corrected chi connectivity index (χ3v) is 18.4. The molecule has 6 N–H and O–H groups in total. The second kappa shape index (κ2) is 12.7. The lowest BCUT2D eigenvalue weighted by Gasteiger charge is -2.44. The van der Waals surface area contributed by atoms with Crippen LogP contribution in [-0.4, -0.2) is 95.5 Å². The van der Waals surface area contributed by atoms with Gasteiger partial charge in [-0.05, 0) is 37.3 Å². The summed E-state index contributed by atoms with van der Waals surface area (Å²) in [4.78, 5) is 0. The average Bonchev–Trinajstić information content (AvgIpc) is 2.47. The predicted molar refractivity (Wildman–Crippen MR) is 103 cm³/mol. The zero-order valence-corrected chi connectivity index (χ0v) is 18.5. The molecule has 0 unspecified atom stereocenters. The van der Waals surface area contributed by atoms with E-state index in [1.807, 2.05) is 13.1 Å². The Bertz CT molecular complexity index is 304. The van der Waals surface area contributed by atoms with Crippen LogP contribution in [0.5, 0.6) is 0 Å². The molecule has 0 saturated carbocycles. The molecule has 11 heteroatoms. The van der Waals surface area contributed by atoms with Crippen LogP contribution in [0.15, 0.2) is 0 Å². The molecule has 0 amide bonds. The average molecular weight is 417 g/mol. The van der Waals surface area contributed by atoms with Crippen molar-refractivity contribution < 1.29 is 38.9 Å². The maximum Gasteiger partial charge on any atom is 0.322 e. The third kappa shape index (κ3) is 9.19. The molecule has 0 saturated heterocycles. The van der Waals surface area contributed by atoms with Crippen LogP contribution < -0.4 is 0 Å². The van der Waals surface area contributed by atoms with E-state index in [9.17, 15) is 30.6 Å². The SMILES string of the molecule is C[Si](CCO)(CCO)O[Si](CCO)(CCO)O[Si](C)(CCO)CCO. The highest BCUT2D eigenvalue weighted by Gasteiger charge is 2.48. The van der Waals surface area contributed by atoms with Crippen LogP contribution in [-0.2, 0) is 8.23 Å². The fourth-order valence-corrected chi connectivity index (χ4v) is 17.3. The first-order chi connectivity index (χ1) is 11.8. The summed E-state index contributed by atoms with van der Waals surface area (Å²) in [5.74, 6) is 0. The predicted octanol–water partition coefficient (Wildman–Crippen LogP) is -0.434. The highest BCUT2D eigenvalue weighted by Crippen LogP contribution is 2.33. The topological polar surface area (TPSA) is 140 Å². The molecule has 0 heterocycles. The summed E-state index contributed by atoms with van der Waals surface area (Å²) in [7, 11) is -8.02. The summed E-state index contributed by atoms with van der Waals surface area (Å²) >= 11 is 0. The van der Waals surface area contributed by atoms with E-state index < -0.39 is 25.2 Å². The van der Waals surface area contributed by atoms with Crippen molar-refractivity contribution in [3.8, 4) is 0 Å². The molecule has 0 aliphatic heterocycles. The van der Waals surface area contributed by atoms with Gasteiger partial charge in [-0.2, -0.15) is 0 Å². The zero-order chi connectivity index (χ0) is 19.4. The van der Waals surface area contributed by atoms with Gasteiger partial charge < -0.3 is 38.9 Å². The molecular formula is C14H36O8Si3. The van der Waals surface area contributed by atoms with Crippen LogP contribution in [0.3, 0.4) is 0 Å². The van der Waals surface area contributed by atoms with E-state index in [1.54, 1.807) is 0 Å². The first kappa shape index (κ1) is 25.3. The number of aliphatic hydroxyl groups excluding tert-OH is 6. The summed E-state index contributed by atoms with van der Waals surface area (Å²) in [5.41, 5.74) is 0. The molecule has 0 rings (SSSR count). The molecule has 8 nitrogen and oxygen atoms in total. The first-order valence-electron chi connectivity index (χ1n) is 8.84. The van der Waals surface area contributed by atoms with E-state index in [2.05, 4.69) is 0 Å². The van der Waals surface area contributed by atoms with Crippen molar-refractivity contribution in [2.24, 2.45) is 0 Å². The lowest BCUT2D eigenvalue weighted by atomic mass is 10.9. The number of hydrogen-bond donors (Lipinski definition) is 6. The molecule has 0 atom stereocenters. The molecular weight excluding hydrogens is 380 g/mol. The summed E-state index contributed by atoms with van der Waals surface area (Å²) in [6.45, 7) is 3.27. The van der Waals surface area contributed by atoms with E-state index in [0.717, 1.165) is 0 Å². The zero-order valence-electron chi connectivity index (χ0n) is 15.5. The van der Waals surface area contributed by atoms with Crippen LogP contribution in [0.25, 0.3) is 0 Å². The molecule has 0 radical (unpaired) electrons. The smallest absolute Gasteiger partial charge is 0.322 e. The lowest BCUT2D eigenvalue weighted by Crippen LogP contribution is -2.59. The summed E-state index contributed by atoms with van der Waals surface area (Å²) < 4.78 is 12.9. The van der Waals surface area contributed by atoms with E-state index in [4.69, 9.17) is 8.23 Å². The molecule has 0 aromatic carbocycles. The van der Waals surface area contributed by atoms with Crippen LogP contribution in [0.4, 0.5) is 0 Å². The van der Waals surface area contributed by atoms with Crippen LogP contribution >= 0.6 is 0 Å². The second-order valence-electron chi connectivity index (χ2n) is 6.86. The number of aliphatic hydroxyl groups is 6. The van der Waals surface area contributed by atoms with Crippen molar-refractivity contribution >= 4 is 25.2 Å². The molecule has 0 aromatic rings. The normalized spacial score (nSPS) is 13.4. The first-order valence-corrected chi connectivity index (χ1v) is 16.7. The van der Waals surface area contributed by atoms with Crippen molar-refractivity contribution in [3.63, 3.8) is 0 Å². The molecule has 25 heavy (non-hydrogen) atoms. The molecule has 152 valence electrons. The van der Waals surface area contributed by atoms with Gasteiger partial charge in [-0.25, -0.2) is 0 Å².